The molecule has 0 N–H and O–H groups in total. The maximum Gasteiger partial charge on any atom is 0.229 e. The van der Waals surface area contributed by atoms with Gasteiger partial charge in [-0.25, -0.2) is 0 Å². The van der Waals surface area contributed by atoms with Gasteiger partial charge in [-0.2, -0.15) is 5.26 Å². The molecule has 0 aromatic heterocycles. The number of hydrogen-bond donors (Lipinski definition) is 0. The van der Waals surface area contributed by atoms with E-state index in [2.05, 4.69) is 39.0 Å². The molecule has 2 aliphatic rings. The largest absolute Gasteiger partial charge is 0.292 e. The highest BCUT2D eigenvalue weighted by atomic mass is 79.9. The van der Waals surface area contributed by atoms with Gasteiger partial charge >= 0.3 is 0 Å². The maximum atomic E-state index is 12.9. The van der Waals surface area contributed by atoms with Crippen molar-refractivity contribution in [1.29, 1.82) is 5.26 Å². The molecule has 27 heavy (non-hydrogen) atoms. The molecule has 2 heterocycles. The molecule has 1 atom stereocenters. The highest BCUT2D eigenvalue weighted by molar-refractivity contribution is 9.10. The average molecular weight is 440 g/mol. The van der Waals surface area contributed by atoms with Gasteiger partial charge in [0.05, 0.1) is 29.2 Å². The Labute approximate surface area is 171 Å². The van der Waals surface area contributed by atoms with Crippen molar-refractivity contribution >= 4 is 33.6 Å². The molecular weight excluding hydrogens is 422 g/mol. The van der Waals surface area contributed by atoms with Crippen molar-refractivity contribution in [2.45, 2.75) is 18.9 Å². The molecule has 0 spiro atoms. The van der Waals surface area contributed by atoms with E-state index in [1.807, 2.05) is 42.5 Å². The minimum atomic E-state index is -0.167. The van der Waals surface area contributed by atoms with E-state index in [4.69, 9.17) is 0 Å². The van der Waals surface area contributed by atoms with Gasteiger partial charge in [0, 0.05) is 23.4 Å². The quantitative estimate of drug-likeness (QED) is 0.697. The molecule has 1 saturated heterocycles. The van der Waals surface area contributed by atoms with E-state index in [-0.39, 0.29) is 11.8 Å². The monoisotopic (exact) mass is 439 g/mol. The second kappa shape index (κ2) is 7.89. The Kier molecular flexibility index (Phi) is 5.35. The fourth-order valence-corrected chi connectivity index (χ4v) is 5.11. The fraction of sp³-hybridized carbons (Fsp3) is 0.238. The number of carbonyl (C=O) groups excluding carboxylic acids is 1. The summed E-state index contributed by atoms with van der Waals surface area (Å²) >= 11 is 5.08. The van der Waals surface area contributed by atoms with E-state index < -0.39 is 0 Å². The van der Waals surface area contributed by atoms with Gasteiger partial charge in [0.25, 0.3) is 0 Å². The molecule has 136 valence electrons. The summed E-state index contributed by atoms with van der Waals surface area (Å²) in [6.45, 7) is 1.33. The lowest BCUT2D eigenvalue weighted by Crippen LogP contribution is -2.46. The zero-order valence-electron chi connectivity index (χ0n) is 14.6. The number of rotatable bonds is 3. The Morgan fingerprint density at radius 1 is 1.19 bits per heavy atom. The summed E-state index contributed by atoms with van der Waals surface area (Å²) < 4.78 is 0.961. The van der Waals surface area contributed by atoms with E-state index in [1.165, 1.54) is 5.56 Å². The van der Waals surface area contributed by atoms with Crippen LogP contribution < -0.4 is 0 Å². The van der Waals surface area contributed by atoms with Crippen molar-refractivity contribution in [1.82, 2.24) is 9.80 Å². The van der Waals surface area contributed by atoms with Crippen LogP contribution in [-0.4, -0.2) is 28.3 Å². The summed E-state index contributed by atoms with van der Waals surface area (Å²) in [5.41, 5.74) is 2.94. The van der Waals surface area contributed by atoms with Crippen LogP contribution in [0.15, 0.2) is 69.7 Å². The lowest BCUT2D eigenvalue weighted by Gasteiger charge is -2.41. The van der Waals surface area contributed by atoms with E-state index >= 15 is 0 Å². The Hall–Kier alpha value is -2.07. The summed E-state index contributed by atoms with van der Waals surface area (Å²) in [4.78, 5) is 16.9. The fourth-order valence-electron chi connectivity index (χ4n) is 3.56. The molecule has 0 radical (unpaired) electrons. The number of nitriles is 1. The molecule has 2 aliphatic heterocycles. The topological polar surface area (TPSA) is 47.3 Å². The molecule has 4 rings (SSSR count). The predicted octanol–water partition coefficient (Wildman–Crippen LogP) is 4.66. The van der Waals surface area contributed by atoms with E-state index in [0.29, 0.717) is 18.7 Å². The van der Waals surface area contributed by atoms with Gasteiger partial charge in [0.15, 0.2) is 0 Å². The van der Waals surface area contributed by atoms with Crippen LogP contribution in [0.3, 0.4) is 0 Å². The summed E-state index contributed by atoms with van der Waals surface area (Å²) in [5, 5.41) is 10.7. The van der Waals surface area contributed by atoms with Crippen LogP contribution in [0.2, 0.25) is 0 Å². The average Bonchev–Trinajstić information content (AvgIpc) is 2.69. The van der Waals surface area contributed by atoms with Crippen molar-refractivity contribution in [2.75, 3.05) is 12.5 Å². The highest BCUT2D eigenvalue weighted by Gasteiger charge is 2.38. The molecule has 0 saturated carbocycles. The summed E-state index contributed by atoms with van der Waals surface area (Å²) in [6, 6.07) is 20.5. The first-order chi connectivity index (χ1) is 13.2. The smallest absolute Gasteiger partial charge is 0.229 e. The maximum absolute atomic E-state index is 12.9. The van der Waals surface area contributed by atoms with Crippen molar-refractivity contribution in [3.8, 4) is 6.07 Å². The number of halogens is 1. The Balaban J connectivity index is 1.60. The van der Waals surface area contributed by atoms with Crippen LogP contribution in [0.4, 0.5) is 0 Å². The number of allylic oxidation sites excluding steroid dienone is 1. The van der Waals surface area contributed by atoms with Gasteiger partial charge in [-0.15, -0.1) is 0 Å². The number of fused-ring (bicyclic) bond motifs is 1. The number of amides is 1. The van der Waals surface area contributed by atoms with Crippen LogP contribution in [0.25, 0.3) is 0 Å². The number of nitrogens with zero attached hydrogens (tertiary/aromatic N) is 3. The van der Waals surface area contributed by atoms with Gasteiger partial charge in [-0.05, 0) is 23.3 Å². The van der Waals surface area contributed by atoms with Crippen LogP contribution in [0, 0.1) is 11.3 Å². The Morgan fingerprint density at radius 2 is 2.00 bits per heavy atom. The molecule has 0 aliphatic carbocycles. The summed E-state index contributed by atoms with van der Waals surface area (Å²) in [6.07, 6.45) is 0.336. The van der Waals surface area contributed by atoms with Gasteiger partial charge in [-0.1, -0.05) is 70.2 Å². The van der Waals surface area contributed by atoms with Crippen LogP contribution in [0.5, 0.6) is 0 Å². The van der Waals surface area contributed by atoms with Crippen molar-refractivity contribution in [3.63, 3.8) is 0 Å². The Morgan fingerprint density at radius 3 is 2.74 bits per heavy atom. The molecule has 0 unspecified atom stereocenters. The SMILES string of the molecule is N#CC1=C2SCN(Cc3ccccc3)CN2C(=O)C[C@@H]1c1cccc(Br)c1. The van der Waals surface area contributed by atoms with Crippen LogP contribution >= 0.6 is 27.7 Å². The highest BCUT2D eigenvalue weighted by Crippen LogP contribution is 2.42. The summed E-state index contributed by atoms with van der Waals surface area (Å²) in [7, 11) is 0. The van der Waals surface area contributed by atoms with Crippen molar-refractivity contribution < 1.29 is 4.79 Å². The van der Waals surface area contributed by atoms with E-state index in [0.717, 1.165) is 27.5 Å². The minimum Gasteiger partial charge on any atom is -0.292 e. The first-order valence-electron chi connectivity index (χ1n) is 8.75. The molecular formula is C21H18BrN3OS. The van der Waals surface area contributed by atoms with Crippen LogP contribution in [-0.2, 0) is 11.3 Å². The number of thioether (sulfide) groups is 1. The van der Waals surface area contributed by atoms with E-state index in [9.17, 15) is 10.1 Å². The zero-order chi connectivity index (χ0) is 18.8. The molecule has 2 aromatic carbocycles. The second-order valence-corrected chi connectivity index (χ2v) is 8.54. The molecule has 0 bridgehead atoms. The Bertz CT molecular complexity index is 938. The van der Waals surface area contributed by atoms with E-state index in [1.54, 1.807) is 16.7 Å². The first-order valence-corrected chi connectivity index (χ1v) is 10.5. The van der Waals surface area contributed by atoms with Gasteiger partial charge in [-0.3, -0.25) is 14.6 Å². The van der Waals surface area contributed by atoms with Gasteiger partial charge < -0.3 is 0 Å². The zero-order valence-corrected chi connectivity index (χ0v) is 17.0. The van der Waals surface area contributed by atoms with Crippen molar-refractivity contribution in [3.05, 3.63) is 80.8 Å². The molecule has 4 nitrogen and oxygen atoms in total. The lowest BCUT2D eigenvalue weighted by molar-refractivity contribution is -0.131. The number of hydrogen-bond acceptors (Lipinski definition) is 4. The third kappa shape index (κ3) is 3.81. The third-order valence-corrected chi connectivity index (χ3v) is 6.55. The molecule has 2 aromatic rings. The normalized spacial score (nSPS) is 20.4. The van der Waals surface area contributed by atoms with Gasteiger partial charge in [0.1, 0.15) is 0 Å². The molecule has 6 heteroatoms. The number of carbonyl (C=O) groups is 1. The third-order valence-electron chi connectivity index (χ3n) is 4.85. The predicted molar refractivity (Wildman–Crippen MR) is 110 cm³/mol. The molecule has 1 fully saturated rings. The molecule has 1 amide bonds. The summed E-state index contributed by atoms with van der Waals surface area (Å²) in [5.74, 6) is 0.684. The second-order valence-electron chi connectivity index (χ2n) is 6.69. The van der Waals surface area contributed by atoms with Crippen LogP contribution in [0.1, 0.15) is 23.5 Å². The van der Waals surface area contributed by atoms with Gasteiger partial charge in [0.2, 0.25) is 5.91 Å². The lowest BCUT2D eigenvalue weighted by atomic mass is 9.86. The minimum absolute atomic E-state index is 0.0826. The first kappa shape index (κ1) is 18.3. The standard InChI is InChI=1S/C21H18BrN3OS/c22-17-8-4-7-16(9-17)18-10-20(26)25-13-24(12-15-5-2-1-3-6-15)14-27-21(25)19(18)11-23/h1-9,18H,10,12-14H2/t18-/m1/s1. The van der Waals surface area contributed by atoms with Crippen molar-refractivity contribution in [2.24, 2.45) is 0 Å². The number of benzene rings is 2.